The largest absolute Gasteiger partial charge is 0.226 e. The van der Waals surface area contributed by atoms with Gasteiger partial charge in [0.15, 0.2) is 0 Å². The van der Waals surface area contributed by atoms with Crippen LogP contribution in [-0.2, 0) is 7.59 Å². The number of thiophene rings is 1. The van der Waals surface area contributed by atoms with Gasteiger partial charge in [-0.15, -0.1) is 11.3 Å². The molecule has 0 atom stereocenters. The molecule has 0 saturated carbocycles. The van der Waals surface area contributed by atoms with Crippen molar-refractivity contribution in [2.24, 2.45) is 0 Å². The van der Waals surface area contributed by atoms with E-state index in [0.29, 0.717) is 0 Å². The maximum absolute atomic E-state index is 5.85. The van der Waals surface area contributed by atoms with Gasteiger partial charge >= 0.3 is 0 Å². The number of rotatable bonds is 0. The fourth-order valence-electron chi connectivity index (χ4n) is 0.756. The van der Waals surface area contributed by atoms with Gasteiger partial charge < -0.3 is 0 Å². The van der Waals surface area contributed by atoms with Crippen molar-refractivity contribution < 1.29 is 0 Å². The Kier molecular flexibility index (Phi) is 4.98. The molecule has 1 heterocycles. The maximum Gasteiger partial charge on any atom is 0.226 e. The summed E-state index contributed by atoms with van der Waals surface area (Å²) in [6, 6.07) is 0. The van der Waals surface area contributed by atoms with Gasteiger partial charge in [-0.3, -0.25) is 0 Å². The van der Waals surface area contributed by atoms with Gasteiger partial charge in [-0.05, 0) is 0 Å². The SMILES string of the molecule is Clc1c(C(Cl)(Cl)Cl)sc(C(Cl)(Cl)Cl)c1Cl. The van der Waals surface area contributed by atoms with Crippen LogP contribution in [0.15, 0.2) is 0 Å². The number of hydrogen-bond donors (Lipinski definition) is 0. The minimum Gasteiger partial charge on any atom is -0.133 e. The molecule has 0 bridgehead atoms. The molecule has 1 aromatic rings. The summed E-state index contributed by atoms with van der Waals surface area (Å²) in [7, 11) is 0. The molecule has 0 saturated heterocycles. The number of alkyl halides is 6. The first-order valence-corrected chi connectivity index (χ1v) is 7.01. The first kappa shape index (κ1) is 15.1. The Labute approximate surface area is 130 Å². The molecule has 0 aromatic carbocycles. The maximum atomic E-state index is 5.85. The molecular formula is C6Cl8S. The van der Waals surface area contributed by atoms with Gasteiger partial charge in [-0.1, -0.05) is 92.8 Å². The van der Waals surface area contributed by atoms with Gasteiger partial charge in [0.25, 0.3) is 0 Å². The lowest BCUT2D eigenvalue weighted by Crippen LogP contribution is -1.97. The Bertz CT molecular complexity index is 335. The standard InChI is InChI=1S/C6Cl8S/c7-1-2(8)4(6(12,13)14)15-3(1)5(9,10)11. The van der Waals surface area contributed by atoms with Gasteiger partial charge in [-0.25, -0.2) is 0 Å². The first-order chi connectivity index (χ1) is 6.55. The zero-order valence-electron chi connectivity index (χ0n) is 6.43. The van der Waals surface area contributed by atoms with Gasteiger partial charge in [0.2, 0.25) is 7.59 Å². The summed E-state index contributed by atoms with van der Waals surface area (Å²) in [5.74, 6) is 0. The van der Waals surface area contributed by atoms with E-state index in [-0.39, 0.29) is 19.8 Å². The Morgan fingerprint density at radius 3 is 1.07 bits per heavy atom. The van der Waals surface area contributed by atoms with E-state index in [2.05, 4.69) is 0 Å². The van der Waals surface area contributed by atoms with Crippen molar-refractivity contribution in [1.29, 1.82) is 0 Å². The van der Waals surface area contributed by atoms with E-state index < -0.39 is 7.59 Å². The smallest absolute Gasteiger partial charge is 0.133 e. The van der Waals surface area contributed by atoms with E-state index in [1.54, 1.807) is 0 Å². The molecule has 0 spiro atoms. The molecule has 9 heteroatoms. The Morgan fingerprint density at radius 1 is 0.667 bits per heavy atom. The molecule has 86 valence electrons. The van der Waals surface area contributed by atoms with Crippen LogP contribution in [0.3, 0.4) is 0 Å². The molecule has 1 aromatic heterocycles. The van der Waals surface area contributed by atoms with Crippen LogP contribution in [0.4, 0.5) is 0 Å². The fourth-order valence-corrected chi connectivity index (χ4v) is 3.94. The van der Waals surface area contributed by atoms with Crippen LogP contribution < -0.4 is 0 Å². The number of halogens is 8. The van der Waals surface area contributed by atoms with E-state index in [1.807, 2.05) is 0 Å². The Balaban J connectivity index is 3.38. The van der Waals surface area contributed by atoms with Crippen LogP contribution in [0, 0.1) is 0 Å². The third kappa shape index (κ3) is 3.49. The molecule has 0 aliphatic rings. The van der Waals surface area contributed by atoms with Gasteiger partial charge in [0, 0.05) is 0 Å². The highest BCUT2D eigenvalue weighted by molar-refractivity contribution is 7.16. The van der Waals surface area contributed by atoms with Crippen molar-refractivity contribution in [2.45, 2.75) is 7.59 Å². The molecular weight excluding hydrogens is 388 g/mol. The lowest BCUT2D eigenvalue weighted by atomic mass is 10.4. The van der Waals surface area contributed by atoms with E-state index in [1.165, 1.54) is 0 Å². The van der Waals surface area contributed by atoms with E-state index in [4.69, 9.17) is 92.8 Å². The van der Waals surface area contributed by atoms with Crippen molar-refractivity contribution in [2.75, 3.05) is 0 Å². The molecule has 0 aliphatic carbocycles. The van der Waals surface area contributed by atoms with Crippen LogP contribution in [0.2, 0.25) is 10.0 Å². The van der Waals surface area contributed by atoms with E-state index in [0.717, 1.165) is 11.3 Å². The summed E-state index contributed by atoms with van der Waals surface area (Å²) in [6.07, 6.45) is 0. The van der Waals surface area contributed by atoms with Gasteiger partial charge in [-0.2, -0.15) is 0 Å². The predicted octanol–water partition coefficient (Wildman–Crippen LogP) is 6.71. The van der Waals surface area contributed by atoms with Crippen LogP contribution in [0.5, 0.6) is 0 Å². The van der Waals surface area contributed by atoms with Crippen LogP contribution in [-0.4, -0.2) is 0 Å². The third-order valence-corrected chi connectivity index (χ3v) is 5.62. The monoisotopic (exact) mass is 384 g/mol. The second-order valence-electron chi connectivity index (χ2n) is 2.38. The van der Waals surface area contributed by atoms with Gasteiger partial charge in [0.05, 0.1) is 19.8 Å². The summed E-state index contributed by atoms with van der Waals surface area (Å²) < 4.78 is -3.39. The topological polar surface area (TPSA) is 0 Å². The molecule has 0 N–H and O–H groups in total. The fraction of sp³-hybridized carbons (Fsp3) is 0.333. The minimum atomic E-state index is -1.69. The summed E-state index contributed by atoms with van der Waals surface area (Å²) >= 11 is 46.7. The van der Waals surface area contributed by atoms with Crippen LogP contribution in [0.25, 0.3) is 0 Å². The third-order valence-electron chi connectivity index (χ3n) is 1.31. The normalized spacial score (nSPS) is 13.3. The average molecular weight is 388 g/mol. The molecule has 0 amide bonds. The van der Waals surface area contributed by atoms with E-state index in [9.17, 15) is 0 Å². The van der Waals surface area contributed by atoms with Crippen molar-refractivity contribution in [1.82, 2.24) is 0 Å². The van der Waals surface area contributed by atoms with E-state index >= 15 is 0 Å². The molecule has 1 rings (SSSR count). The average Bonchev–Trinajstić information content (AvgIpc) is 2.26. The quantitative estimate of drug-likeness (QED) is 0.434. The predicted molar refractivity (Wildman–Crippen MR) is 72.8 cm³/mol. The highest BCUT2D eigenvalue weighted by atomic mass is 35.6. The second kappa shape index (κ2) is 4.95. The summed E-state index contributed by atoms with van der Waals surface area (Å²) in [5.41, 5.74) is 0. The Morgan fingerprint density at radius 2 is 0.933 bits per heavy atom. The lowest BCUT2D eigenvalue weighted by molar-refractivity contribution is 1.31. The van der Waals surface area contributed by atoms with Crippen LogP contribution in [0.1, 0.15) is 9.75 Å². The zero-order valence-corrected chi connectivity index (χ0v) is 13.3. The minimum absolute atomic E-state index is 0.0861. The Hall–Kier alpha value is 2.02. The van der Waals surface area contributed by atoms with Crippen molar-refractivity contribution in [3.05, 3.63) is 19.8 Å². The van der Waals surface area contributed by atoms with Crippen molar-refractivity contribution in [3.63, 3.8) is 0 Å². The van der Waals surface area contributed by atoms with Crippen LogP contribution >= 0.6 is 104 Å². The highest BCUT2D eigenvalue weighted by Gasteiger charge is 2.37. The molecule has 0 aliphatic heterocycles. The molecule has 15 heavy (non-hydrogen) atoms. The molecule has 0 fully saturated rings. The van der Waals surface area contributed by atoms with Crippen molar-refractivity contribution >= 4 is 104 Å². The number of hydrogen-bond acceptors (Lipinski definition) is 1. The second-order valence-corrected chi connectivity index (χ2v) is 8.72. The summed E-state index contributed by atoms with van der Waals surface area (Å²) in [4.78, 5) is 0.445. The first-order valence-electron chi connectivity index (χ1n) is 3.17. The lowest BCUT2D eigenvalue weighted by Gasteiger charge is -2.09. The summed E-state index contributed by atoms with van der Waals surface area (Å²) in [6.45, 7) is 0. The van der Waals surface area contributed by atoms with Crippen molar-refractivity contribution in [3.8, 4) is 0 Å². The van der Waals surface area contributed by atoms with Gasteiger partial charge in [0.1, 0.15) is 0 Å². The summed E-state index contributed by atoms with van der Waals surface area (Å²) in [5, 5.41) is 0.172. The highest BCUT2D eigenvalue weighted by Crippen LogP contribution is 2.55. The molecule has 0 nitrogen and oxygen atoms in total. The zero-order chi connectivity index (χ0) is 12.0. The molecule has 0 radical (unpaired) electrons. The molecule has 0 unspecified atom stereocenters.